The number of carbonyl (C=O) groups is 2. The molecule has 2 N–H and O–H groups in total. The molecule has 3 amide bonds. The number of nitrogens with one attached hydrogen (secondary N) is 2. The normalized spacial score (nSPS) is 11.1. The van der Waals surface area contributed by atoms with E-state index in [0.29, 0.717) is 0 Å². The molecule has 5 nitrogen and oxygen atoms in total. The van der Waals surface area contributed by atoms with Crippen LogP contribution in [0, 0.1) is 11.6 Å². The number of nitrogens with zero attached hydrogens (tertiary/aromatic N) is 1. The maximum atomic E-state index is 13.3. The van der Waals surface area contributed by atoms with E-state index in [4.69, 9.17) is 0 Å². The molecule has 0 radical (unpaired) electrons. The summed E-state index contributed by atoms with van der Waals surface area (Å²) in [5.74, 6) is -1.55. The topological polar surface area (TPSA) is 61.4 Å². The molecular formula is C23H18F5N3O2. The fourth-order valence-corrected chi connectivity index (χ4v) is 2.92. The number of hydrogen-bond acceptors (Lipinski definition) is 2. The predicted molar refractivity (Wildman–Crippen MR) is 113 cm³/mol. The van der Waals surface area contributed by atoms with E-state index >= 15 is 0 Å². The second kappa shape index (κ2) is 10.1. The highest BCUT2D eigenvalue weighted by molar-refractivity contribution is 6.02. The van der Waals surface area contributed by atoms with Gasteiger partial charge in [0.1, 0.15) is 11.6 Å². The lowest BCUT2D eigenvalue weighted by molar-refractivity contribution is -0.137. The zero-order valence-electron chi connectivity index (χ0n) is 17.0. The van der Waals surface area contributed by atoms with Crippen molar-refractivity contribution in [3.8, 4) is 0 Å². The summed E-state index contributed by atoms with van der Waals surface area (Å²) in [7, 11) is 0. The summed E-state index contributed by atoms with van der Waals surface area (Å²) >= 11 is 0. The molecule has 3 aromatic carbocycles. The Labute approximate surface area is 185 Å². The van der Waals surface area contributed by atoms with E-state index in [9.17, 15) is 31.5 Å². The highest BCUT2D eigenvalue weighted by atomic mass is 19.4. The molecule has 10 heteroatoms. The third-order valence-electron chi connectivity index (χ3n) is 4.55. The molecule has 3 aromatic rings. The summed E-state index contributed by atoms with van der Waals surface area (Å²) in [6, 6.07) is 13.1. The van der Waals surface area contributed by atoms with Gasteiger partial charge in [0.15, 0.2) is 0 Å². The van der Waals surface area contributed by atoms with Gasteiger partial charge in [-0.3, -0.25) is 9.69 Å². The summed E-state index contributed by atoms with van der Waals surface area (Å²) in [6.45, 7) is -0.118. The van der Waals surface area contributed by atoms with E-state index in [1.165, 1.54) is 30.3 Å². The number of hydrogen-bond donors (Lipinski definition) is 2. The Balaban J connectivity index is 1.73. The Kier molecular flexibility index (Phi) is 7.27. The van der Waals surface area contributed by atoms with E-state index in [2.05, 4.69) is 10.6 Å². The Morgan fingerprint density at radius 3 is 2.06 bits per heavy atom. The quantitative estimate of drug-likeness (QED) is 0.478. The van der Waals surface area contributed by atoms with Crippen molar-refractivity contribution in [2.45, 2.75) is 6.18 Å². The van der Waals surface area contributed by atoms with Crippen molar-refractivity contribution in [2.24, 2.45) is 0 Å². The number of halogens is 5. The minimum atomic E-state index is -4.58. The zero-order chi connectivity index (χ0) is 24.0. The van der Waals surface area contributed by atoms with E-state index in [-0.39, 0.29) is 30.0 Å². The average molecular weight is 463 g/mol. The van der Waals surface area contributed by atoms with Gasteiger partial charge in [-0.2, -0.15) is 13.2 Å². The lowest BCUT2D eigenvalue weighted by atomic mass is 10.2. The third kappa shape index (κ3) is 6.52. The van der Waals surface area contributed by atoms with Gasteiger partial charge in [-0.05, 0) is 66.7 Å². The molecule has 172 valence electrons. The second-order valence-electron chi connectivity index (χ2n) is 6.90. The highest BCUT2D eigenvalue weighted by Gasteiger charge is 2.30. The summed E-state index contributed by atoms with van der Waals surface area (Å²) in [5.41, 5.74) is -0.549. The van der Waals surface area contributed by atoms with Crippen LogP contribution in [-0.4, -0.2) is 25.0 Å². The Morgan fingerprint density at radius 1 is 0.848 bits per heavy atom. The zero-order valence-corrected chi connectivity index (χ0v) is 17.0. The Bertz CT molecular complexity index is 1120. The predicted octanol–water partition coefficient (Wildman–Crippen LogP) is 5.45. The molecule has 0 aliphatic carbocycles. The molecule has 3 rings (SSSR count). The van der Waals surface area contributed by atoms with Crippen LogP contribution in [0.1, 0.15) is 15.9 Å². The van der Waals surface area contributed by atoms with Crippen LogP contribution in [0.2, 0.25) is 0 Å². The lowest BCUT2D eigenvalue weighted by Gasteiger charge is -2.24. The Morgan fingerprint density at radius 2 is 1.45 bits per heavy atom. The van der Waals surface area contributed by atoms with E-state index in [1.54, 1.807) is 0 Å². The first kappa shape index (κ1) is 23.7. The Hall–Kier alpha value is -3.95. The monoisotopic (exact) mass is 463 g/mol. The molecule has 0 saturated carbocycles. The van der Waals surface area contributed by atoms with Crippen molar-refractivity contribution < 1.29 is 31.5 Å². The second-order valence-corrected chi connectivity index (χ2v) is 6.90. The first-order valence-corrected chi connectivity index (χ1v) is 9.68. The van der Waals surface area contributed by atoms with E-state index in [0.717, 1.165) is 47.4 Å². The van der Waals surface area contributed by atoms with Gasteiger partial charge >= 0.3 is 12.2 Å². The highest BCUT2D eigenvalue weighted by Crippen LogP contribution is 2.30. The molecule has 0 aromatic heterocycles. The van der Waals surface area contributed by atoms with Crippen molar-refractivity contribution in [3.05, 3.63) is 95.6 Å². The minimum Gasteiger partial charge on any atom is -0.350 e. The van der Waals surface area contributed by atoms with Crippen LogP contribution < -0.4 is 15.5 Å². The molecule has 33 heavy (non-hydrogen) atoms. The van der Waals surface area contributed by atoms with Gasteiger partial charge in [-0.15, -0.1) is 0 Å². The van der Waals surface area contributed by atoms with Crippen molar-refractivity contribution in [1.29, 1.82) is 0 Å². The van der Waals surface area contributed by atoms with Gasteiger partial charge in [0.2, 0.25) is 0 Å². The average Bonchev–Trinajstić information content (AvgIpc) is 2.77. The number of anilines is 2. The molecular weight excluding hydrogens is 445 g/mol. The van der Waals surface area contributed by atoms with E-state index < -0.39 is 35.3 Å². The van der Waals surface area contributed by atoms with Crippen LogP contribution in [0.15, 0.2) is 72.8 Å². The number of rotatable bonds is 6. The van der Waals surface area contributed by atoms with Crippen molar-refractivity contribution >= 4 is 23.3 Å². The van der Waals surface area contributed by atoms with Crippen LogP contribution in [0.25, 0.3) is 0 Å². The van der Waals surface area contributed by atoms with E-state index in [1.807, 2.05) is 0 Å². The summed E-state index contributed by atoms with van der Waals surface area (Å²) in [5, 5.41) is 4.95. The first-order valence-electron chi connectivity index (χ1n) is 9.68. The van der Waals surface area contributed by atoms with Gasteiger partial charge in [0, 0.05) is 30.0 Å². The van der Waals surface area contributed by atoms with Gasteiger partial charge in [-0.25, -0.2) is 13.6 Å². The SMILES string of the molecule is O=C(NCCN(C(=O)Nc1cccc(C(F)(F)F)c1)c1ccc(F)cc1)c1ccc(F)cc1. The minimum absolute atomic E-state index is 0.0381. The van der Waals surface area contributed by atoms with Gasteiger partial charge in [0.05, 0.1) is 5.56 Å². The summed E-state index contributed by atoms with van der Waals surface area (Å²) in [6.07, 6.45) is -4.58. The number of benzene rings is 3. The molecule has 0 spiro atoms. The largest absolute Gasteiger partial charge is 0.416 e. The van der Waals surface area contributed by atoms with Crippen molar-refractivity contribution in [1.82, 2.24) is 5.32 Å². The number of urea groups is 1. The summed E-state index contributed by atoms with van der Waals surface area (Å²) < 4.78 is 65.2. The van der Waals surface area contributed by atoms with Crippen molar-refractivity contribution in [2.75, 3.05) is 23.3 Å². The van der Waals surface area contributed by atoms with Crippen molar-refractivity contribution in [3.63, 3.8) is 0 Å². The maximum absolute atomic E-state index is 13.3. The number of carbonyl (C=O) groups excluding carboxylic acids is 2. The van der Waals surface area contributed by atoms with Crippen LogP contribution in [0.4, 0.5) is 38.1 Å². The van der Waals surface area contributed by atoms with Crippen LogP contribution in [0.5, 0.6) is 0 Å². The maximum Gasteiger partial charge on any atom is 0.416 e. The third-order valence-corrected chi connectivity index (χ3v) is 4.55. The molecule has 0 atom stereocenters. The fraction of sp³-hybridized carbons (Fsp3) is 0.130. The fourth-order valence-electron chi connectivity index (χ4n) is 2.92. The molecule has 0 aliphatic heterocycles. The standard InChI is InChI=1S/C23H18F5N3O2/c24-17-6-4-15(5-7-17)21(32)29-12-13-31(20-10-8-18(25)9-11-20)22(33)30-19-3-1-2-16(14-19)23(26,27)28/h1-11,14H,12-13H2,(H,29,32)(H,30,33). The molecule has 0 saturated heterocycles. The first-order chi connectivity index (χ1) is 15.6. The van der Waals surface area contributed by atoms with Crippen LogP contribution >= 0.6 is 0 Å². The number of amides is 3. The van der Waals surface area contributed by atoms with Crippen LogP contribution in [-0.2, 0) is 6.18 Å². The van der Waals surface area contributed by atoms with Gasteiger partial charge in [-0.1, -0.05) is 6.07 Å². The smallest absolute Gasteiger partial charge is 0.350 e. The molecule has 0 fully saturated rings. The van der Waals surface area contributed by atoms with Crippen LogP contribution in [0.3, 0.4) is 0 Å². The molecule has 0 bridgehead atoms. The van der Waals surface area contributed by atoms with Gasteiger partial charge in [0.25, 0.3) is 5.91 Å². The number of alkyl halides is 3. The summed E-state index contributed by atoms with van der Waals surface area (Å²) in [4.78, 5) is 26.2. The van der Waals surface area contributed by atoms with Gasteiger partial charge < -0.3 is 10.6 Å². The molecule has 0 aliphatic rings. The molecule has 0 unspecified atom stereocenters. The molecule has 0 heterocycles. The lowest BCUT2D eigenvalue weighted by Crippen LogP contribution is -2.41.